The minimum atomic E-state index is 0.433. The molecular weight excluding hydrogens is 140 g/mol. The van der Waals surface area contributed by atoms with Crippen LogP contribution < -0.4 is 11.1 Å². The van der Waals surface area contributed by atoms with Gasteiger partial charge in [0.1, 0.15) is 11.5 Å². The number of aromatic nitrogens is 1. The van der Waals surface area contributed by atoms with E-state index in [1.807, 2.05) is 0 Å². The molecule has 0 amide bonds. The zero-order valence-electron chi connectivity index (χ0n) is 6.26. The summed E-state index contributed by atoms with van der Waals surface area (Å²) in [6, 6.07) is 3.49. The maximum absolute atomic E-state index is 7.00. The van der Waals surface area contributed by atoms with Gasteiger partial charge in [-0.1, -0.05) is 0 Å². The molecule has 0 saturated carbocycles. The Balaban J connectivity index is 3.16. The number of rotatable bonds is 2. The topological polar surface area (TPSA) is 74.8 Å². The van der Waals surface area contributed by atoms with Crippen molar-refractivity contribution in [1.29, 1.82) is 5.41 Å². The summed E-state index contributed by atoms with van der Waals surface area (Å²) in [7, 11) is 1.78. The van der Waals surface area contributed by atoms with Crippen molar-refractivity contribution in [3.63, 3.8) is 0 Å². The van der Waals surface area contributed by atoms with Gasteiger partial charge in [0.2, 0.25) is 0 Å². The van der Waals surface area contributed by atoms with Crippen LogP contribution in [-0.4, -0.2) is 18.2 Å². The molecule has 1 heterocycles. The van der Waals surface area contributed by atoms with Crippen LogP contribution in [0.5, 0.6) is 0 Å². The van der Waals surface area contributed by atoms with Crippen LogP contribution in [0, 0.1) is 5.41 Å². The second kappa shape index (κ2) is 3.01. The first-order chi connectivity index (χ1) is 5.27. The predicted molar refractivity (Wildman–Crippen MR) is 46.1 cm³/mol. The highest BCUT2D eigenvalue weighted by Crippen LogP contribution is 2.11. The van der Waals surface area contributed by atoms with Gasteiger partial charge in [0.25, 0.3) is 0 Å². The number of anilines is 2. The Labute approximate surface area is 65.0 Å². The molecule has 0 aliphatic carbocycles. The average molecular weight is 150 g/mol. The number of nitrogens with two attached hydrogens (primary N) is 1. The Bertz CT molecular complexity index is 269. The van der Waals surface area contributed by atoms with Gasteiger partial charge in [0, 0.05) is 13.3 Å². The Morgan fingerprint density at radius 2 is 2.36 bits per heavy atom. The van der Waals surface area contributed by atoms with Crippen molar-refractivity contribution in [3.8, 4) is 0 Å². The van der Waals surface area contributed by atoms with Crippen LogP contribution in [0.1, 0.15) is 5.69 Å². The van der Waals surface area contributed by atoms with Crippen molar-refractivity contribution in [1.82, 2.24) is 4.98 Å². The van der Waals surface area contributed by atoms with E-state index in [0.29, 0.717) is 11.5 Å². The van der Waals surface area contributed by atoms with Crippen molar-refractivity contribution >= 4 is 17.7 Å². The lowest BCUT2D eigenvalue weighted by Crippen LogP contribution is -2.00. The van der Waals surface area contributed by atoms with E-state index in [-0.39, 0.29) is 0 Å². The van der Waals surface area contributed by atoms with Crippen LogP contribution in [0.2, 0.25) is 0 Å². The van der Waals surface area contributed by atoms with Gasteiger partial charge in [-0.25, -0.2) is 4.98 Å². The van der Waals surface area contributed by atoms with Gasteiger partial charge in [-0.05, 0) is 12.1 Å². The van der Waals surface area contributed by atoms with Crippen LogP contribution in [0.25, 0.3) is 0 Å². The lowest BCUT2D eigenvalue weighted by Gasteiger charge is -2.03. The molecule has 58 valence electrons. The lowest BCUT2D eigenvalue weighted by molar-refractivity contribution is 1.29. The largest absolute Gasteiger partial charge is 0.386 e. The maximum Gasteiger partial charge on any atom is 0.124 e. The highest BCUT2D eigenvalue weighted by molar-refractivity contribution is 5.83. The van der Waals surface area contributed by atoms with Crippen molar-refractivity contribution in [3.05, 3.63) is 17.8 Å². The average Bonchev–Trinajstić information content (AvgIpc) is 2.04. The van der Waals surface area contributed by atoms with E-state index >= 15 is 0 Å². The molecule has 0 aliphatic rings. The molecule has 4 heteroatoms. The number of hydrogen-bond acceptors (Lipinski definition) is 4. The van der Waals surface area contributed by atoms with E-state index in [0.717, 1.165) is 5.69 Å². The number of nitrogen functional groups attached to an aromatic ring is 1. The molecule has 0 bridgehead atoms. The SMILES string of the molecule is CNc1ccc(N)nc1C=N. The van der Waals surface area contributed by atoms with Gasteiger partial charge >= 0.3 is 0 Å². The summed E-state index contributed by atoms with van der Waals surface area (Å²) in [5, 5.41) is 9.91. The zero-order chi connectivity index (χ0) is 8.27. The summed E-state index contributed by atoms with van der Waals surface area (Å²) in [6.07, 6.45) is 1.17. The summed E-state index contributed by atoms with van der Waals surface area (Å²) in [4.78, 5) is 3.93. The predicted octanol–water partition coefficient (Wildman–Crippen LogP) is 0.703. The number of nitrogens with zero attached hydrogens (tertiary/aromatic N) is 1. The number of pyridine rings is 1. The van der Waals surface area contributed by atoms with Gasteiger partial charge in [0.15, 0.2) is 0 Å². The second-order valence-electron chi connectivity index (χ2n) is 2.06. The van der Waals surface area contributed by atoms with Gasteiger partial charge in [0.05, 0.1) is 5.69 Å². The molecule has 11 heavy (non-hydrogen) atoms. The molecule has 0 saturated heterocycles. The third-order valence-corrected chi connectivity index (χ3v) is 1.35. The van der Waals surface area contributed by atoms with E-state index in [1.165, 1.54) is 6.21 Å². The molecule has 0 radical (unpaired) electrons. The molecule has 4 nitrogen and oxygen atoms in total. The monoisotopic (exact) mass is 150 g/mol. The van der Waals surface area contributed by atoms with E-state index in [1.54, 1.807) is 19.2 Å². The minimum absolute atomic E-state index is 0.433. The first-order valence-electron chi connectivity index (χ1n) is 3.22. The zero-order valence-corrected chi connectivity index (χ0v) is 6.26. The standard InChI is InChI=1S/C7H10N4/c1-10-5-2-3-7(9)11-6(5)4-8/h2-4,8,10H,1H3,(H2,9,11). The molecule has 1 aromatic heterocycles. The van der Waals surface area contributed by atoms with Crippen LogP contribution in [0.3, 0.4) is 0 Å². The molecule has 0 unspecified atom stereocenters. The van der Waals surface area contributed by atoms with Gasteiger partial charge < -0.3 is 16.5 Å². The highest BCUT2D eigenvalue weighted by Gasteiger charge is 1.98. The van der Waals surface area contributed by atoms with E-state index < -0.39 is 0 Å². The van der Waals surface area contributed by atoms with Gasteiger partial charge in [-0.2, -0.15) is 0 Å². The lowest BCUT2D eigenvalue weighted by atomic mass is 10.3. The Morgan fingerprint density at radius 3 is 2.91 bits per heavy atom. The summed E-state index contributed by atoms with van der Waals surface area (Å²) in [5.74, 6) is 0.433. The maximum atomic E-state index is 7.00. The Morgan fingerprint density at radius 1 is 1.64 bits per heavy atom. The van der Waals surface area contributed by atoms with Crippen molar-refractivity contribution in [2.45, 2.75) is 0 Å². The van der Waals surface area contributed by atoms with Crippen molar-refractivity contribution in [2.75, 3.05) is 18.1 Å². The van der Waals surface area contributed by atoms with Crippen LogP contribution in [0.4, 0.5) is 11.5 Å². The van der Waals surface area contributed by atoms with Crippen LogP contribution in [0.15, 0.2) is 12.1 Å². The fourth-order valence-electron chi connectivity index (χ4n) is 0.812. The molecule has 1 aromatic rings. The van der Waals surface area contributed by atoms with Crippen molar-refractivity contribution < 1.29 is 0 Å². The van der Waals surface area contributed by atoms with Crippen LogP contribution >= 0.6 is 0 Å². The van der Waals surface area contributed by atoms with E-state index in [4.69, 9.17) is 11.1 Å². The molecule has 1 rings (SSSR count). The minimum Gasteiger partial charge on any atom is -0.386 e. The second-order valence-corrected chi connectivity index (χ2v) is 2.06. The van der Waals surface area contributed by atoms with E-state index in [2.05, 4.69) is 10.3 Å². The third-order valence-electron chi connectivity index (χ3n) is 1.35. The quantitative estimate of drug-likeness (QED) is 0.543. The molecule has 4 N–H and O–H groups in total. The van der Waals surface area contributed by atoms with Gasteiger partial charge in [-0.15, -0.1) is 0 Å². The molecule has 0 aliphatic heterocycles. The molecule has 0 atom stereocenters. The summed E-state index contributed by atoms with van der Waals surface area (Å²) in [5.41, 5.74) is 6.79. The van der Waals surface area contributed by atoms with E-state index in [9.17, 15) is 0 Å². The molecule has 0 spiro atoms. The number of nitrogens with one attached hydrogen (secondary N) is 2. The summed E-state index contributed by atoms with van der Waals surface area (Å²) in [6.45, 7) is 0. The highest BCUT2D eigenvalue weighted by atomic mass is 14.9. The summed E-state index contributed by atoms with van der Waals surface area (Å²) < 4.78 is 0. The normalized spacial score (nSPS) is 9.18. The first kappa shape index (κ1) is 7.53. The molecule has 0 aromatic carbocycles. The van der Waals surface area contributed by atoms with Crippen LogP contribution in [-0.2, 0) is 0 Å². The fraction of sp³-hybridized carbons (Fsp3) is 0.143. The third kappa shape index (κ3) is 1.46. The van der Waals surface area contributed by atoms with Gasteiger partial charge in [-0.3, -0.25) is 0 Å². The summed E-state index contributed by atoms with van der Waals surface area (Å²) >= 11 is 0. The smallest absolute Gasteiger partial charge is 0.124 e. The molecular formula is C7H10N4. The molecule has 0 fully saturated rings. The number of hydrogen-bond donors (Lipinski definition) is 3. The first-order valence-corrected chi connectivity index (χ1v) is 3.22. The Hall–Kier alpha value is -1.58. The fourth-order valence-corrected chi connectivity index (χ4v) is 0.812. The Kier molecular flexibility index (Phi) is 2.06. The van der Waals surface area contributed by atoms with Crippen molar-refractivity contribution in [2.24, 2.45) is 0 Å².